The van der Waals surface area contributed by atoms with Gasteiger partial charge in [0.15, 0.2) is 6.61 Å². The monoisotopic (exact) mass is 319 g/mol. The smallest absolute Gasteiger partial charge is 0.413 e. The second-order valence-electron chi connectivity index (χ2n) is 3.28. The van der Waals surface area contributed by atoms with Gasteiger partial charge in [0.1, 0.15) is 4.21 Å². The van der Waals surface area contributed by atoms with Crippen LogP contribution in [0.2, 0.25) is 0 Å². The first-order chi connectivity index (χ1) is 8.60. The molecule has 1 rings (SSSR count). The van der Waals surface area contributed by atoms with Crippen molar-refractivity contribution in [3.8, 4) is 0 Å². The molecule has 0 aliphatic heterocycles. The maximum absolute atomic E-state index is 11.8. The number of carboxylic acid groups (broad SMARTS) is 1. The van der Waals surface area contributed by atoms with E-state index in [2.05, 4.69) is 4.84 Å². The lowest BCUT2D eigenvalue weighted by Crippen LogP contribution is -2.29. The summed E-state index contributed by atoms with van der Waals surface area (Å²) in [5, 5.41) is 8.50. The Morgan fingerprint density at radius 3 is 2.58 bits per heavy atom. The molecule has 0 bridgehead atoms. The fraction of sp³-hybridized carbons (Fsp3) is 0.375. The molecule has 2 N–H and O–H groups in total. The summed E-state index contributed by atoms with van der Waals surface area (Å²) in [6, 6.07) is 2.35. The number of alkyl halides is 3. The van der Waals surface area contributed by atoms with Crippen LogP contribution in [0.15, 0.2) is 16.3 Å². The van der Waals surface area contributed by atoms with Crippen LogP contribution in [0, 0.1) is 0 Å². The van der Waals surface area contributed by atoms with Crippen molar-refractivity contribution >= 4 is 27.3 Å². The topological polar surface area (TPSA) is 92.7 Å². The van der Waals surface area contributed by atoms with E-state index in [0.29, 0.717) is 11.3 Å². The van der Waals surface area contributed by atoms with Crippen molar-refractivity contribution in [2.45, 2.75) is 16.8 Å². The normalized spacial score (nSPS) is 12.6. The molecule has 0 aliphatic rings. The van der Waals surface area contributed by atoms with E-state index in [1.54, 1.807) is 0 Å². The minimum atomic E-state index is -4.66. The van der Waals surface area contributed by atoms with Gasteiger partial charge in [0.2, 0.25) is 0 Å². The third-order valence-electron chi connectivity index (χ3n) is 1.63. The summed E-state index contributed by atoms with van der Waals surface area (Å²) in [6.07, 6.45) is -5.03. The standard InChI is InChI=1S/C8H8F3NO5S2/c9-8(10,11)4-17-12-19(15,16)7-2-1-5(18-7)3-6(13)14/h1-2,12H,3-4H2,(H,13,14). The summed E-state index contributed by atoms with van der Waals surface area (Å²) < 4.78 is 57.9. The van der Waals surface area contributed by atoms with Gasteiger partial charge in [-0.05, 0) is 12.1 Å². The molecule has 0 fully saturated rings. The van der Waals surface area contributed by atoms with E-state index in [4.69, 9.17) is 5.11 Å². The average molecular weight is 319 g/mol. The Hall–Kier alpha value is -1.17. The maximum atomic E-state index is 11.8. The molecule has 0 unspecified atom stereocenters. The lowest BCUT2D eigenvalue weighted by Gasteiger charge is -2.07. The molecular formula is C8H8F3NO5S2. The van der Waals surface area contributed by atoms with Gasteiger partial charge in [0.25, 0.3) is 10.0 Å². The van der Waals surface area contributed by atoms with Gasteiger partial charge in [-0.3, -0.25) is 9.63 Å². The van der Waals surface area contributed by atoms with Crippen molar-refractivity contribution in [1.82, 2.24) is 4.89 Å². The summed E-state index contributed by atoms with van der Waals surface area (Å²) in [5.74, 6) is -1.15. The summed E-state index contributed by atoms with van der Waals surface area (Å²) in [7, 11) is -4.24. The van der Waals surface area contributed by atoms with Gasteiger partial charge in [0, 0.05) is 4.88 Å². The Balaban J connectivity index is 2.67. The molecule has 0 amide bonds. The van der Waals surface area contributed by atoms with E-state index >= 15 is 0 Å². The van der Waals surface area contributed by atoms with Crippen LogP contribution in [0.25, 0.3) is 0 Å². The fourth-order valence-corrected chi connectivity index (χ4v) is 3.11. The molecular weight excluding hydrogens is 311 g/mol. The molecule has 0 aromatic carbocycles. The maximum Gasteiger partial charge on any atom is 0.413 e. The SMILES string of the molecule is O=C(O)Cc1ccc(S(=O)(=O)NOCC(F)(F)F)s1. The van der Waals surface area contributed by atoms with Gasteiger partial charge in [-0.1, -0.05) is 4.89 Å². The zero-order chi connectivity index (χ0) is 14.7. The highest BCUT2D eigenvalue weighted by molar-refractivity contribution is 7.91. The van der Waals surface area contributed by atoms with Crippen molar-refractivity contribution < 1.29 is 36.3 Å². The Labute approximate surface area is 109 Å². The predicted octanol–water partition coefficient (Wildman–Crippen LogP) is 1.15. The molecule has 0 aliphatic carbocycles. The van der Waals surface area contributed by atoms with Crippen molar-refractivity contribution in [3.63, 3.8) is 0 Å². The van der Waals surface area contributed by atoms with Crippen LogP contribution in [0.3, 0.4) is 0 Å². The van der Waals surface area contributed by atoms with Crippen LogP contribution >= 0.6 is 11.3 Å². The number of halogens is 3. The molecule has 1 heterocycles. The van der Waals surface area contributed by atoms with Crippen LogP contribution in [-0.4, -0.2) is 32.3 Å². The first kappa shape index (κ1) is 15.9. The molecule has 1 aromatic rings. The lowest BCUT2D eigenvalue weighted by molar-refractivity contribution is -0.181. The first-order valence-corrected chi connectivity index (χ1v) is 6.91. The molecule has 6 nitrogen and oxygen atoms in total. The van der Waals surface area contributed by atoms with Gasteiger partial charge in [-0.25, -0.2) is 8.42 Å². The zero-order valence-electron chi connectivity index (χ0n) is 9.10. The van der Waals surface area contributed by atoms with E-state index in [1.165, 1.54) is 11.0 Å². The molecule has 0 saturated carbocycles. The van der Waals surface area contributed by atoms with E-state index in [-0.39, 0.29) is 15.5 Å². The highest BCUT2D eigenvalue weighted by atomic mass is 32.2. The number of aliphatic carboxylic acids is 1. The minimum Gasteiger partial charge on any atom is -0.481 e. The summed E-state index contributed by atoms with van der Waals surface area (Å²) in [6.45, 7) is -1.76. The lowest BCUT2D eigenvalue weighted by atomic mass is 10.3. The highest BCUT2D eigenvalue weighted by Gasteiger charge is 2.29. The van der Waals surface area contributed by atoms with Crippen LogP contribution in [0.5, 0.6) is 0 Å². The van der Waals surface area contributed by atoms with E-state index in [9.17, 15) is 26.4 Å². The highest BCUT2D eigenvalue weighted by Crippen LogP contribution is 2.22. The van der Waals surface area contributed by atoms with Gasteiger partial charge in [-0.15, -0.1) is 11.3 Å². The van der Waals surface area contributed by atoms with Crippen molar-refractivity contribution in [3.05, 3.63) is 17.0 Å². The molecule has 0 atom stereocenters. The summed E-state index contributed by atoms with van der Waals surface area (Å²) >= 11 is 0.634. The number of nitrogens with one attached hydrogen (secondary N) is 1. The van der Waals surface area contributed by atoms with E-state index < -0.39 is 28.8 Å². The number of thiophene rings is 1. The predicted molar refractivity (Wildman–Crippen MR) is 58.0 cm³/mol. The number of hydrogen-bond acceptors (Lipinski definition) is 5. The van der Waals surface area contributed by atoms with Crippen molar-refractivity contribution in [2.24, 2.45) is 0 Å². The molecule has 108 valence electrons. The van der Waals surface area contributed by atoms with Gasteiger partial charge >= 0.3 is 12.1 Å². The largest absolute Gasteiger partial charge is 0.481 e. The Kier molecular flexibility index (Phi) is 4.90. The number of carbonyl (C=O) groups is 1. The van der Waals surface area contributed by atoms with Crippen LogP contribution in [-0.2, 0) is 26.1 Å². The fourth-order valence-electron chi connectivity index (χ4n) is 0.977. The van der Waals surface area contributed by atoms with Crippen LogP contribution in [0.1, 0.15) is 4.88 Å². The van der Waals surface area contributed by atoms with E-state index in [0.717, 1.165) is 6.07 Å². The number of carboxylic acids is 1. The zero-order valence-corrected chi connectivity index (χ0v) is 10.7. The van der Waals surface area contributed by atoms with Crippen LogP contribution < -0.4 is 4.89 Å². The third kappa shape index (κ3) is 5.55. The van der Waals surface area contributed by atoms with Crippen LogP contribution in [0.4, 0.5) is 13.2 Å². The Bertz CT molecular complexity index is 551. The second-order valence-corrected chi connectivity index (χ2v) is 6.32. The Morgan fingerprint density at radius 2 is 2.05 bits per heavy atom. The molecule has 0 saturated heterocycles. The van der Waals surface area contributed by atoms with E-state index in [1.807, 2.05) is 0 Å². The molecule has 0 radical (unpaired) electrons. The number of rotatable bonds is 6. The minimum absolute atomic E-state index is 0.253. The van der Waals surface area contributed by atoms with Gasteiger partial charge < -0.3 is 5.11 Å². The molecule has 19 heavy (non-hydrogen) atoms. The molecule has 0 spiro atoms. The second kappa shape index (κ2) is 5.86. The number of hydrogen-bond donors (Lipinski definition) is 2. The quantitative estimate of drug-likeness (QED) is 0.767. The Morgan fingerprint density at radius 1 is 1.42 bits per heavy atom. The molecule has 11 heteroatoms. The summed E-state index contributed by atoms with van der Waals surface area (Å²) in [5.41, 5.74) is 0. The first-order valence-electron chi connectivity index (χ1n) is 4.61. The number of sulfonamides is 1. The summed E-state index contributed by atoms with van der Waals surface area (Å²) in [4.78, 5) is 15.8. The van der Waals surface area contributed by atoms with Crippen molar-refractivity contribution in [1.29, 1.82) is 0 Å². The van der Waals surface area contributed by atoms with Gasteiger partial charge in [0.05, 0.1) is 6.42 Å². The third-order valence-corrected chi connectivity index (χ3v) is 4.42. The van der Waals surface area contributed by atoms with Crippen molar-refractivity contribution in [2.75, 3.05) is 6.61 Å². The van der Waals surface area contributed by atoms with Gasteiger partial charge in [-0.2, -0.15) is 13.2 Å². The molecule has 1 aromatic heterocycles. The average Bonchev–Trinajstić information content (AvgIpc) is 2.63.